The van der Waals surface area contributed by atoms with E-state index in [2.05, 4.69) is 0 Å². The van der Waals surface area contributed by atoms with Gasteiger partial charge in [0, 0.05) is 24.3 Å². The number of hydrogen-bond acceptors (Lipinski definition) is 8. The summed E-state index contributed by atoms with van der Waals surface area (Å²) in [6.45, 7) is 1.25. The topological polar surface area (TPSA) is 112 Å². The van der Waals surface area contributed by atoms with Gasteiger partial charge in [-0.2, -0.15) is 0 Å². The number of carbonyl (C=O) groups excluding carboxylic acids is 4. The summed E-state index contributed by atoms with van der Waals surface area (Å²) in [5.41, 5.74) is 0.971. The molecular formula is C30H24N2O8. The molecule has 2 aliphatic rings. The van der Waals surface area contributed by atoms with E-state index in [1.165, 1.54) is 24.3 Å². The van der Waals surface area contributed by atoms with Crippen LogP contribution in [0.5, 0.6) is 23.0 Å². The van der Waals surface area contributed by atoms with Crippen molar-refractivity contribution in [3.8, 4) is 23.0 Å². The van der Waals surface area contributed by atoms with Gasteiger partial charge < -0.3 is 18.9 Å². The maximum atomic E-state index is 11.8. The SMILES string of the molecule is O=C1C=CC(=O)N1c1ccc(OCCOc2ccc(OCCOc3ccc(N4C(=O)C=CC4=O)cc3)cc2)cc1. The second-order valence-electron chi connectivity index (χ2n) is 8.54. The Morgan fingerprint density at radius 1 is 0.375 bits per heavy atom. The van der Waals surface area contributed by atoms with Gasteiger partial charge in [0.25, 0.3) is 23.6 Å². The van der Waals surface area contributed by atoms with Crippen molar-refractivity contribution >= 4 is 35.0 Å². The summed E-state index contributed by atoms with van der Waals surface area (Å²) in [6.07, 6.45) is 4.96. The maximum Gasteiger partial charge on any atom is 0.258 e. The van der Waals surface area contributed by atoms with Crippen LogP contribution >= 0.6 is 0 Å². The lowest BCUT2D eigenvalue weighted by Gasteiger charge is -2.14. The van der Waals surface area contributed by atoms with Crippen molar-refractivity contribution in [2.45, 2.75) is 0 Å². The molecule has 0 unspecified atom stereocenters. The van der Waals surface area contributed by atoms with Crippen LogP contribution in [0.15, 0.2) is 97.1 Å². The Bertz CT molecular complexity index is 1310. The first-order chi connectivity index (χ1) is 19.5. The summed E-state index contributed by atoms with van der Waals surface area (Å²) >= 11 is 0. The Morgan fingerprint density at radius 2 is 0.600 bits per heavy atom. The Balaban J connectivity index is 0.980. The molecule has 10 heteroatoms. The number of imide groups is 2. The van der Waals surface area contributed by atoms with E-state index in [1.54, 1.807) is 72.8 Å². The van der Waals surface area contributed by atoms with E-state index < -0.39 is 0 Å². The number of carbonyl (C=O) groups is 4. The summed E-state index contributed by atoms with van der Waals surface area (Å²) in [6, 6.07) is 20.5. The van der Waals surface area contributed by atoms with Gasteiger partial charge in [-0.1, -0.05) is 0 Å². The van der Waals surface area contributed by atoms with E-state index >= 15 is 0 Å². The van der Waals surface area contributed by atoms with Crippen LogP contribution in [0.3, 0.4) is 0 Å². The molecular weight excluding hydrogens is 516 g/mol. The quantitative estimate of drug-likeness (QED) is 0.254. The molecule has 0 aromatic heterocycles. The van der Waals surface area contributed by atoms with Crippen molar-refractivity contribution in [1.29, 1.82) is 0 Å². The molecule has 0 atom stereocenters. The lowest BCUT2D eigenvalue weighted by atomic mass is 10.3. The molecule has 0 spiro atoms. The van der Waals surface area contributed by atoms with Gasteiger partial charge >= 0.3 is 0 Å². The van der Waals surface area contributed by atoms with E-state index in [1.807, 2.05) is 0 Å². The highest BCUT2D eigenvalue weighted by molar-refractivity contribution is 6.28. The van der Waals surface area contributed by atoms with Crippen LogP contribution in [0.4, 0.5) is 11.4 Å². The molecule has 2 aliphatic heterocycles. The predicted molar refractivity (Wildman–Crippen MR) is 145 cm³/mol. The molecule has 0 saturated carbocycles. The van der Waals surface area contributed by atoms with Crippen molar-refractivity contribution in [2.24, 2.45) is 0 Å². The molecule has 0 saturated heterocycles. The van der Waals surface area contributed by atoms with Gasteiger partial charge in [0.05, 0.1) is 11.4 Å². The van der Waals surface area contributed by atoms with Gasteiger partial charge in [0.1, 0.15) is 49.4 Å². The van der Waals surface area contributed by atoms with Gasteiger partial charge in [-0.05, 0) is 72.8 Å². The summed E-state index contributed by atoms with van der Waals surface area (Å²) < 4.78 is 22.7. The first-order valence-corrected chi connectivity index (χ1v) is 12.4. The lowest BCUT2D eigenvalue weighted by molar-refractivity contribution is -0.121. The minimum Gasteiger partial charge on any atom is -0.490 e. The molecule has 0 fully saturated rings. The van der Waals surface area contributed by atoms with Crippen LogP contribution in [0.2, 0.25) is 0 Å². The molecule has 3 aromatic rings. The van der Waals surface area contributed by atoms with Gasteiger partial charge in [0.2, 0.25) is 0 Å². The zero-order chi connectivity index (χ0) is 27.9. The van der Waals surface area contributed by atoms with E-state index in [-0.39, 0.29) is 23.6 Å². The average molecular weight is 541 g/mol. The van der Waals surface area contributed by atoms with E-state index in [0.29, 0.717) is 60.8 Å². The van der Waals surface area contributed by atoms with Crippen molar-refractivity contribution in [1.82, 2.24) is 0 Å². The van der Waals surface area contributed by atoms with Crippen LogP contribution in [-0.4, -0.2) is 50.1 Å². The number of amides is 4. The minimum atomic E-state index is -0.366. The fourth-order valence-electron chi connectivity index (χ4n) is 3.96. The fourth-order valence-corrected chi connectivity index (χ4v) is 3.96. The van der Waals surface area contributed by atoms with Crippen LogP contribution < -0.4 is 28.7 Å². The van der Waals surface area contributed by atoms with E-state index in [0.717, 1.165) is 9.80 Å². The molecule has 4 amide bonds. The molecule has 202 valence electrons. The molecule has 0 N–H and O–H groups in total. The van der Waals surface area contributed by atoms with Gasteiger partial charge in [-0.25, -0.2) is 9.80 Å². The molecule has 5 rings (SSSR count). The third-order valence-electron chi connectivity index (χ3n) is 5.87. The lowest BCUT2D eigenvalue weighted by Crippen LogP contribution is -2.29. The van der Waals surface area contributed by atoms with Crippen LogP contribution in [-0.2, 0) is 19.2 Å². The fraction of sp³-hybridized carbons (Fsp3) is 0.133. The van der Waals surface area contributed by atoms with Gasteiger partial charge in [-0.3, -0.25) is 19.2 Å². The average Bonchev–Trinajstić information content (AvgIpc) is 3.49. The normalized spacial score (nSPS) is 14.3. The van der Waals surface area contributed by atoms with Gasteiger partial charge in [-0.15, -0.1) is 0 Å². The summed E-state index contributed by atoms with van der Waals surface area (Å²) in [4.78, 5) is 49.2. The van der Waals surface area contributed by atoms with Gasteiger partial charge in [0.15, 0.2) is 0 Å². The van der Waals surface area contributed by atoms with E-state index in [9.17, 15) is 19.2 Å². The highest BCUT2D eigenvalue weighted by atomic mass is 16.5. The number of nitrogens with zero attached hydrogens (tertiary/aromatic N) is 2. The maximum absolute atomic E-state index is 11.8. The van der Waals surface area contributed by atoms with Crippen molar-refractivity contribution in [3.05, 3.63) is 97.1 Å². The molecule has 3 aromatic carbocycles. The van der Waals surface area contributed by atoms with Crippen LogP contribution in [0, 0.1) is 0 Å². The largest absolute Gasteiger partial charge is 0.490 e. The Hall–Kier alpha value is -5.38. The van der Waals surface area contributed by atoms with Crippen molar-refractivity contribution < 1.29 is 38.1 Å². The molecule has 2 heterocycles. The number of hydrogen-bond donors (Lipinski definition) is 0. The smallest absolute Gasteiger partial charge is 0.258 e. The predicted octanol–water partition coefficient (Wildman–Crippen LogP) is 3.46. The third-order valence-corrected chi connectivity index (χ3v) is 5.87. The number of benzene rings is 3. The monoisotopic (exact) mass is 540 g/mol. The summed E-state index contributed by atoms with van der Waals surface area (Å²) in [5, 5.41) is 0. The minimum absolute atomic E-state index is 0.306. The Morgan fingerprint density at radius 3 is 0.850 bits per heavy atom. The van der Waals surface area contributed by atoms with Crippen molar-refractivity contribution in [2.75, 3.05) is 36.2 Å². The second-order valence-corrected chi connectivity index (χ2v) is 8.54. The highest BCUT2D eigenvalue weighted by Crippen LogP contribution is 2.24. The zero-order valence-electron chi connectivity index (χ0n) is 21.2. The van der Waals surface area contributed by atoms with Crippen molar-refractivity contribution in [3.63, 3.8) is 0 Å². The molecule has 40 heavy (non-hydrogen) atoms. The molecule has 0 radical (unpaired) electrons. The molecule has 0 aliphatic carbocycles. The van der Waals surface area contributed by atoms with Crippen LogP contribution in [0.1, 0.15) is 0 Å². The summed E-state index contributed by atoms with van der Waals surface area (Å²) in [7, 11) is 0. The second kappa shape index (κ2) is 12.0. The summed E-state index contributed by atoms with van der Waals surface area (Å²) in [5.74, 6) is 1.04. The number of ether oxygens (including phenoxy) is 4. The highest BCUT2D eigenvalue weighted by Gasteiger charge is 2.25. The Labute approximate surface area is 229 Å². The first kappa shape index (κ1) is 26.2. The molecule has 0 bridgehead atoms. The number of rotatable bonds is 12. The van der Waals surface area contributed by atoms with Crippen LogP contribution in [0.25, 0.3) is 0 Å². The standard InChI is InChI=1S/C30H24N2O8/c33-27-13-14-28(34)31(27)21-1-5-23(6-2-21)37-17-19-39-25-9-11-26(12-10-25)40-20-18-38-24-7-3-22(4-8-24)32-29(35)15-16-30(32)36/h1-16H,17-20H2. The zero-order valence-corrected chi connectivity index (χ0v) is 21.2. The third kappa shape index (κ3) is 6.18. The van der Waals surface area contributed by atoms with E-state index in [4.69, 9.17) is 18.9 Å². The first-order valence-electron chi connectivity index (χ1n) is 12.4. The molecule has 10 nitrogen and oxygen atoms in total. The number of anilines is 2. The Kier molecular flexibility index (Phi) is 7.87.